The van der Waals surface area contributed by atoms with Crippen molar-refractivity contribution in [2.75, 3.05) is 26.2 Å². The van der Waals surface area contributed by atoms with E-state index >= 15 is 0 Å². The van der Waals surface area contributed by atoms with Gasteiger partial charge in [-0.25, -0.2) is 4.79 Å². The van der Waals surface area contributed by atoms with Crippen LogP contribution in [0.3, 0.4) is 0 Å². The van der Waals surface area contributed by atoms with E-state index in [0.29, 0.717) is 50.3 Å². The second-order valence-electron chi connectivity index (χ2n) is 10.4. The Balaban J connectivity index is 1.30. The lowest BCUT2D eigenvalue weighted by Gasteiger charge is -2.40. The summed E-state index contributed by atoms with van der Waals surface area (Å²) in [6.45, 7) is 7.41. The number of benzene rings is 1. The zero-order valence-electron chi connectivity index (χ0n) is 22.1. The van der Waals surface area contributed by atoms with E-state index in [-0.39, 0.29) is 35.8 Å². The molecule has 2 aliphatic heterocycles. The predicted molar refractivity (Wildman–Crippen MR) is 140 cm³/mol. The molecular formula is C28H34N6O4. The van der Waals surface area contributed by atoms with E-state index < -0.39 is 6.04 Å². The molecule has 2 aliphatic rings. The van der Waals surface area contributed by atoms with Gasteiger partial charge in [-0.1, -0.05) is 30.3 Å². The van der Waals surface area contributed by atoms with Crippen LogP contribution in [-0.2, 0) is 14.3 Å². The highest BCUT2D eigenvalue weighted by Gasteiger charge is 2.51. The molecule has 2 atom stereocenters. The monoisotopic (exact) mass is 518 g/mol. The van der Waals surface area contributed by atoms with E-state index in [2.05, 4.69) is 15.3 Å². The topological polar surface area (TPSA) is 113 Å². The quantitative estimate of drug-likeness (QED) is 0.502. The third kappa shape index (κ3) is 4.94. The fraction of sp³-hybridized carbons (Fsp3) is 0.464. The maximum Gasteiger partial charge on any atom is 0.328 e. The Labute approximate surface area is 221 Å². The van der Waals surface area contributed by atoms with Crippen molar-refractivity contribution >= 4 is 17.8 Å². The minimum Gasteiger partial charge on any atom is -0.464 e. The summed E-state index contributed by atoms with van der Waals surface area (Å²) in [4.78, 5) is 43.2. The van der Waals surface area contributed by atoms with E-state index in [9.17, 15) is 14.4 Å². The summed E-state index contributed by atoms with van der Waals surface area (Å²) in [5, 5.41) is 11.5. The lowest BCUT2D eigenvalue weighted by atomic mass is 9.76. The molecule has 10 nitrogen and oxygen atoms in total. The Morgan fingerprint density at radius 1 is 1.18 bits per heavy atom. The van der Waals surface area contributed by atoms with Crippen LogP contribution in [0, 0.1) is 12.3 Å². The van der Waals surface area contributed by atoms with Crippen molar-refractivity contribution < 1.29 is 19.1 Å². The number of nitrogens with one attached hydrogen (secondary N) is 1. The number of esters is 1. The maximum atomic E-state index is 13.6. The summed E-state index contributed by atoms with van der Waals surface area (Å²) in [6, 6.07) is 10.3. The molecule has 200 valence electrons. The molecule has 0 radical (unpaired) electrons. The molecular weight excluding hydrogens is 484 g/mol. The fourth-order valence-corrected chi connectivity index (χ4v) is 5.65. The van der Waals surface area contributed by atoms with E-state index in [1.807, 2.05) is 55.3 Å². The number of hydrogen-bond donors (Lipinski definition) is 1. The number of ether oxygens (including phenoxy) is 1. The molecule has 3 aromatic rings. The molecule has 38 heavy (non-hydrogen) atoms. The van der Waals surface area contributed by atoms with Crippen LogP contribution in [-0.4, -0.2) is 79.8 Å². The zero-order valence-corrected chi connectivity index (χ0v) is 22.1. The Morgan fingerprint density at radius 3 is 2.58 bits per heavy atom. The summed E-state index contributed by atoms with van der Waals surface area (Å²) in [5.74, 6) is -0.626. The molecule has 0 saturated carbocycles. The van der Waals surface area contributed by atoms with Crippen molar-refractivity contribution in [2.24, 2.45) is 5.41 Å². The number of carbonyl (C=O) groups excluding carboxylic acids is 3. The summed E-state index contributed by atoms with van der Waals surface area (Å²) >= 11 is 0. The highest BCUT2D eigenvalue weighted by Crippen LogP contribution is 2.44. The van der Waals surface area contributed by atoms with Gasteiger partial charge in [-0.05, 0) is 57.1 Å². The van der Waals surface area contributed by atoms with E-state index in [0.717, 1.165) is 11.1 Å². The molecule has 5 rings (SSSR count). The van der Waals surface area contributed by atoms with Crippen LogP contribution in [0.25, 0.3) is 11.3 Å². The molecule has 4 heterocycles. The van der Waals surface area contributed by atoms with Gasteiger partial charge in [0.1, 0.15) is 17.8 Å². The van der Waals surface area contributed by atoms with Crippen LogP contribution in [0.1, 0.15) is 55.2 Å². The number of aromatic amines is 1. The van der Waals surface area contributed by atoms with Crippen molar-refractivity contribution in [2.45, 2.75) is 52.1 Å². The summed E-state index contributed by atoms with van der Waals surface area (Å²) in [6.07, 6.45) is 5.56. The fourth-order valence-electron chi connectivity index (χ4n) is 5.65. The molecule has 2 aromatic heterocycles. The van der Waals surface area contributed by atoms with Crippen LogP contribution < -0.4 is 0 Å². The average Bonchev–Trinajstić information content (AvgIpc) is 3.68. The number of amides is 2. The van der Waals surface area contributed by atoms with Crippen molar-refractivity contribution in [3.8, 4) is 11.3 Å². The Morgan fingerprint density at radius 2 is 1.92 bits per heavy atom. The third-order valence-electron chi connectivity index (χ3n) is 7.83. The van der Waals surface area contributed by atoms with Gasteiger partial charge in [-0.2, -0.15) is 10.2 Å². The number of carbonyl (C=O) groups is 3. The number of hydrogen-bond acceptors (Lipinski definition) is 6. The van der Waals surface area contributed by atoms with Gasteiger partial charge in [-0.3, -0.25) is 19.4 Å². The zero-order chi connectivity index (χ0) is 26.9. The molecule has 10 heteroatoms. The molecule has 0 aliphatic carbocycles. The van der Waals surface area contributed by atoms with Crippen LogP contribution in [0.2, 0.25) is 0 Å². The number of piperidine rings is 1. The van der Waals surface area contributed by atoms with Gasteiger partial charge in [0.2, 0.25) is 5.91 Å². The molecule has 1 aromatic carbocycles. The predicted octanol–water partition coefficient (Wildman–Crippen LogP) is 3.23. The highest BCUT2D eigenvalue weighted by atomic mass is 16.5. The van der Waals surface area contributed by atoms with Crippen LogP contribution in [0.4, 0.5) is 0 Å². The summed E-state index contributed by atoms with van der Waals surface area (Å²) < 4.78 is 7.06. The number of aryl methyl sites for hydroxylation is 1. The molecule has 2 unspecified atom stereocenters. The lowest BCUT2D eigenvalue weighted by Crippen LogP contribution is -2.46. The lowest BCUT2D eigenvalue weighted by molar-refractivity contribution is -0.147. The number of rotatable bonds is 6. The number of H-pyrrole nitrogens is 1. The first kappa shape index (κ1) is 25.7. The van der Waals surface area contributed by atoms with Gasteiger partial charge >= 0.3 is 5.97 Å². The number of nitrogens with zero attached hydrogens (tertiary/aromatic N) is 5. The Bertz CT molecular complexity index is 1310. The molecule has 2 saturated heterocycles. The first-order valence-electron chi connectivity index (χ1n) is 13.2. The van der Waals surface area contributed by atoms with Crippen LogP contribution in [0.5, 0.6) is 0 Å². The highest BCUT2D eigenvalue weighted by molar-refractivity contribution is 5.96. The molecule has 2 fully saturated rings. The van der Waals surface area contributed by atoms with Gasteiger partial charge in [0.25, 0.3) is 5.91 Å². The van der Waals surface area contributed by atoms with Crippen LogP contribution >= 0.6 is 0 Å². The van der Waals surface area contributed by atoms with E-state index in [1.54, 1.807) is 28.8 Å². The third-order valence-corrected chi connectivity index (χ3v) is 7.83. The summed E-state index contributed by atoms with van der Waals surface area (Å²) in [7, 11) is 0. The minimum absolute atomic E-state index is 0.0294. The maximum absolute atomic E-state index is 13.6. The van der Waals surface area contributed by atoms with Gasteiger partial charge in [0.15, 0.2) is 0 Å². The van der Waals surface area contributed by atoms with Gasteiger partial charge in [0, 0.05) is 31.4 Å². The second-order valence-corrected chi connectivity index (χ2v) is 10.4. The molecule has 1 N–H and O–H groups in total. The first-order chi connectivity index (χ1) is 18.3. The Hall–Kier alpha value is -3.95. The standard InChI is InChI=1S/C28H34N6O4/c1-4-38-27(37)24-15-28(10-12-32(13-11-28)25(35)20(3)34-17-19(2)16-29-34)18-33(24)26(36)23-14-22(30-31-23)21-8-6-5-7-9-21/h5-9,14,16-17,20,24H,4,10-13,15,18H2,1-3H3,(H,30,31). The number of aromatic nitrogens is 4. The smallest absolute Gasteiger partial charge is 0.328 e. The average molecular weight is 519 g/mol. The Kier molecular flexibility index (Phi) is 7.05. The summed E-state index contributed by atoms with van der Waals surface area (Å²) in [5.41, 5.74) is 2.67. The SMILES string of the molecule is CCOC(=O)C1CC2(CCN(C(=O)C(C)n3cc(C)cn3)CC2)CN1C(=O)c1cc(-c2ccccc2)n[nH]1. The number of likely N-dealkylation sites (tertiary alicyclic amines) is 2. The minimum atomic E-state index is -0.667. The first-order valence-corrected chi connectivity index (χ1v) is 13.2. The van der Waals surface area contributed by atoms with Crippen molar-refractivity contribution in [1.29, 1.82) is 0 Å². The van der Waals surface area contributed by atoms with Crippen molar-refractivity contribution in [1.82, 2.24) is 29.8 Å². The molecule has 0 bridgehead atoms. The van der Waals surface area contributed by atoms with Crippen molar-refractivity contribution in [3.05, 3.63) is 60.0 Å². The van der Waals surface area contributed by atoms with Gasteiger partial charge in [-0.15, -0.1) is 0 Å². The van der Waals surface area contributed by atoms with Gasteiger partial charge in [0.05, 0.1) is 18.5 Å². The van der Waals surface area contributed by atoms with Crippen LogP contribution in [0.15, 0.2) is 48.8 Å². The second kappa shape index (κ2) is 10.4. The van der Waals surface area contributed by atoms with E-state index in [4.69, 9.17) is 4.74 Å². The van der Waals surface area contributed by atoms with Gasteiger partial charge < -0.3 is 14.5 Å². The normalized spacial score (nSPS) is 19.5. The van der Waals surface area contributed by atoms with Crippen molar-refractivity contribution in [3.63, 3.8) is 0 Å². The molecule has 2 amide bonds. The molecule has 1 spiro atoms. The largest absolute Gasteiger partial charge is 0.464 e. The van der Waals surface area contributed by atoms with E-state index in [1.165, 1.54) is 0 Å².